The standard InChI is InChI=1S/C58H46B2N6O8/c1-5-35(3)33-67-39-27-23-37(24-28-39)53-51-52(56(65(53)59-71-47-19-11-12-20-48(47)72-59)42(32-62)58-64-44-16-8-10-18-46(44)70-58)54(38-25-29-40(30-26-38)68-34-36(4)6-2)66(60-73-49-21-13-14-22-50(49)74-60)55(51)41(31-61)57-63-43-15-7-9-17-45(43)69-57/h7-30,35-36H,5-6,33-34H2,1-4H3/b55-41-,56-42-. The molecular formula is C58H46B2N6O8. The van der Waals surface area contributed by atoms with E-state index in [1.54, 1.807) is 12.1 Å². The van der Waals surface area contributed by atoms with E-state index in [1.165, 1.54) is 0 Å². The zero-order valence-corrected chi connectivity index (χ0v) is 40.9. The lowest BCUT2D eigenvalue weighted by molar-refractivity contribution is 0.256. The highest BCUT2D eigenvalue weighted by atomic mass is 16.7. The molecule has 0 spiro atoms. The van der Waals surface area contributed by atoms with Crippen molar-refractivity contribution in [2.45, 2.75) is 40.5 Å². The molecule has 14 nitrogen and oxygen atoms in total. The molecule has 0 N–H and O–H groups in total. The Morgan fingerprint density at radius 2 is 0.865 bits per heavy atom. The molecule has 2 aliphatic rings. The first kappa shape index (κ1) is 45.8. The van der Waals surface area contributed by atoms with E-state index in [1.807, 2.05) is 142 Å². The first-order valence-electron chi connectivity index (χ1n) is 24.7. The number of oxazole rings is 2. The van der Waals surface area contributed by atoms with E-state index >= 15 is 0 Å². The highest BCUT2D eigenvalue weighted by Crippen LogP contribution is 2.42. The van der Waals surface area contributed by atoms with E-state index in [9.17, 15) is 10.5 Å². The van der Waals surface area contributed by atoms with Crippen molar-refractivity contribution in [1.29, 1.82) is 10.5 Å². The molecule has 2 aliphatic heterocycles. The maximum atomic E-state index is 11.8. The molecule has 0 saturated carbocycles. The van der Waals surface area contributed by atoms with Crippen LogP contribution in [0.3, 0.4) is 0 Å². The Labute approximate surface area is 426 Å². The smallest absolute Gasteiger partial charge is 0.503 e. The fourth-order valence-electron chi connectivity index (χ4n) is 9.36. The summed E-state index contributed by atoms with van der Waals surface area (Å²) in [7, 11) is -2.44. The Morgan fingerprint density at radius 3 is 1.20 bits per heavy atom. The van der Waals surface area contributed by atoms with Crippen LogP contribution < -0.4 is 38.8 Å². The second kappa shape index (κ2) is 19.1. The van der Waals surface area contributed by atoms with Crippen LogP contribution >= 0.6 is 0 Å². The van der Waals surface area contributed by atoms with Gasteiger partial charge in [0, 0.05) is 10.8 Å². The molecule has 0 fully saturated rings. The summed E-state index contributed by atoms with van der Waals surface area (Å²) in [5.41, 5.74) is 4.44. The Kier molecular flexibility index (Phi) is 11.8. The zero-order valence-electron chi connectivity index (χ0n) is 40.9. The highest BCUT2D eigenvalue weighted by molar-refractivity contribution is 6.49. The van der Waals surface area contributed by atoms with Gasteiger partial charge in [0.25, 0.3) is 0 Å². The molecule has 2 atom stereocenters. The fourth-order valence-corrected chi connectivity index (χ4v) is 9.36. The Bertz CT molecular complexity index is 3620. The highest BCUT2D eigenvalue weighted by Gasteiger charge is 2.45. The molecule has 6 aromatic carbocycles. The number of aromatic nitrogens is 4. The molecule has 362 valence electrons. The van der Waals surface area contributed by atoms with Gasteiger partial charge in [-0.15, -0.1) is 0 Å². The van der Waals surface area contributed by atoms with Crippen molar-refractivity contribution in [1.82, 2.24) is 18.9 Å². The minimum Gasteiger partial charge on any atom is -0.503 e. The number of para-hydroxylation sites is 8. The molecule has 12 rings (SSSR count). The number of hydrogen-bond acceptors (Lipinski definition) is 12. The van der Waals surface area contributed by atoms with Crippen LogP contribution in [0.4, 0.5) is 0 Å². The molecule has 2 unspecified atom stereocenters. The van der Waals surface area contributed by atoms with Crippen LogP contribution in [0.2, 0.25) is 0 Å². The number of rotatable bonds is 14. The van der Waals surface area contributed by atoms with Crippen LogP contribution in [0.15, 0.2) is 154 Å². The van der Waals surface area contributed by atoms with Crippen LogP contribution in [0.5, 0.6) is 34.5 Å². The van der Waals surface area contributed by atoms with Crippen molar-refractivity contribution in [3.63, 3.8) is 0 Å². The van der Waals surface area contributed by atoms with Gasteiger partial charge in [-0.05, 0) is 120 Å². The number of nitriles is 2. The number of ether oxygens (including phenoxy) is 2. The lowest BCUT2D eigenvalue weighted by Crippen LogP contribution is -2.44. The van der Waals surface area contributed by atoms with Crippen molar-refractivity contribution in [2.24, 2.45) is 11.8 Å². The van der Waals surface area contributed by atoms with Crippen LogP contribution in [0.1, 0.15) is 52.3 Å². The van der Waals surface area contributed by atoms with E-state index in [-0.39, 0.29) is 22.9 Å². The summed E-state index contributed by atoms with van der Waals surface area (Å²) in [4.78, 5) is 9.86. The maximum absolute atomic E-state index is 11.8. The molecule has 0 saturated heterocycles. The van der Waals surface area contributed by atoms with E-state index < -0.39 is 14.5 Å². The minimum atomic E-state index is -1.22. The molecule has 6 heterocycles. The molecule has 0 aliphatic carbocycles. The lowest BCUT2D eigenvalue weighted by atomic mass is 10.0. The molecular weight excluding hydrogens is 930 g/mol. The van der Waals surface area contributed by atoms with Gasteiger partial charge in [0.1, 0.15) is 68.8 Å². The fraction of sp³-hybridized carbons (Fsp3) is 0.172. The van der Waals surface area contributed by atoms with Crippen molar-refractivity contribution in [3.05, 3.63) is 168 Å². The summed E-state index contributed by atoms with van der Waals surface area (Å²) in [6.07, 6.45) is 1.92. The third-order valence-electron chi connectivity index (χ3n) is 13.6. The van der Waals surface area contributed by atoms with E-state index in [4.69, 9.17) is 46.9 Å². The minimum absolute atomic E-state index is 0.0449. The van der Waals surface area contributed by atoms with Crippen LogP contribution in [0.25, 0.3) is 66.6 Å². The van der Waals surface area contributed by atoms with E-state index in [0.29, 0.717) is 126 Å². The Balaban J connectivity index is 1.29. The van der Waals surface area contributed by atoms with Gasteiger partial charge in [0.2, 0.25) is 11.8 Å². The SMILES string of the molecule is CCC(C)COc1ccc(-c2c3/c(=C(\C#N)c4nc5ccccc5o4)n(B4Oc5ccccc5O4)c(-c4ccc(OCC(C)CC)cc4)c3/c(=C(\C#N)c3nc4ccccc4o3)n2B2Oc3ccccc3O2)cc1. The summed E-state index contributed by atoms with van der Waals surface area (Å²) in [6.45, 7) is 9.62. The van der Waals surface area contributed by atoms with Crippen molar-refractivity contribution >= 4 is 58.6 Å². The van der Waals surface area contributed by atoms with Crippen LogP contribution in [0, 0.1) is 34.5 Å². The average Bonchev–Trinajstić information content (AvgIpc) is 4.32. The van der Waals surface area contributed by atoms with Crippen molar-refractivity contribution < 1.29 is 36.9 Å². The first-order chi connectivity index (χ1) is 36.3. The molecule has 0 bridgehead atoms. The largest absolute Gasteiger partial charge is 0.743 e. The average molecular weight is 977 g/mol. The predicted octanol–water partition coefficient (Wildman–Crippen LogP) is 11.0. The molecule has 10 aromatic rings. The first-order valence-corrected chi connectivity index (χ1v) is 24.7. The topological polar surface area (TPSA) is 165 Å². The molecule has 74 heavy (non-hydrogen) atoms. The Hall–Kier alpha value is -9.27. The van der Waals surface area contributed by atoms with E-state index in [0.717, 1.165) is 12.8 Å². The van der Waals surface area contributed by atoms with Crippen molar-refractivity contribution in [2.75, 3.05) is 13.2 Å². The van der Waals surface area contributed by atoms with Crippen molar-refractivity contribution in [3.8, 4) is 69.2 Å². The van der Waals surface area contributed by atoms with Gasteiger partial charge in [-0.3, -0.25) is 0 Å². The van der Waals surface area contributed by atoms with Crippen LogP contribution in [-0.2, 0) is 0 Å². The molecule has 0 radical (unpaired) electrons. The lowest BCUT2D eigenvalue weighted by Gasteiger charge is -2.17. The predicted molar refractivity (Wildman–Crippen MR) is 282 cm³/mol. The van der Waals surface area contributed by atoms with Gasteiger partial charge in [-0.25, -0.2) is 9.97 Å². The summed E-state index contributed by atoms with van der Waals surface area (Å²) in [6, 6.07) is 49.9. The molecule has 4 aromatic heterocycles. The third-order valence-corrected chi connectivity index (χ3v) is 13.6. The van der Waals surface area contributed by atoms with E-state index in [2.05, 4.69) is 39.8 Å². The summed E-state index contributed by atoms with van der Waals surface area (Å²) < 4.78 is 56.5. The normalized spacial score (nSPS) is 14.3. The Morgan fingerprint density at radius 1 is 0.514 bits per heavy atom. The maximum Gasteiger partial charge on any atom is 0.743 e. The number of benzene rings is 6. The second-order valence-corrected chi connectivity index (χ2v) is 18.5. The number of hydrogen-bond donors (Lipinski definition) is 0. The van der Waals surface area contributed by atoms with Gasteiger partial charge in [-0.2, -0.15) is 10.5 Å². The summed E-state index contributed by atoms with van der Waals surface area (Å²) >= 11 is 0. The van der Waals surface area contributed by atoms with Gasteiger partial charge >= 0.3 is 14.5 Å². The quantitative estimate of drug-likeness (QED) is 0.0948. The monoisotopic (exact) mass is 976 g/mol. The van der Waals surface area contributed by atoms with Gasteiger partial charge in [0.15, 0.2) is 11.2 Å². The molecule has 0 amide bonds. The second-order valence-electron chi connectivity index (χ2n) is 18.5. The zero-order chi connectivity index (χ0) is 50.5. The van der Waals surface area contributed by atoms with Gasteiger partial charge in [-0.1, -0.05) is 89.1 Å². The van der Waals surface area contributed by atoms with Crippen LogP contribution in [-0.4, -0.2) is 46.6 Å². The van der Waals surface area contributed by atoms with Gasteiger partial charge in [0.05, 0.1) is 35.3 Å². The molecule has 16 heteroatoms. The summed E-state index contributed by atoms with van der Waals surface area (Å²) in [5, 5.41) is 25.1. The number of fused-ring (bicyclic) bond motifs is 5. The summed E-state index contributed by atoms with van der Waals surface area (Å²) in [5.74, 6) is 4.03. The van der Waals surface area contributed by atoms with Gasteiger partial charge < -0.3 is 45.9 Å². The number of nitrogens with zero attached hydrogens (tertiary/aromatic N) is 6. The third kappa shape index (κ3) is 8.01.